The van der Waals surface area contributed by atoms with Crippen molar-refractivity contribution >= 4 is 17.5 Å². The van der Waals surface area contributed by atoms with E-state index in [-0.39, 0.29) is 30.5 Å². The molecule has 1 aromatic carbocycles. The minimum Gasteiger partial charge on any atom is -0.482 e. The molecule has 0 spiro atoms. The molecule has 7 heteroatoms. The van der Waals surface area contributed by atoms with Gasteiger partial charge in [-0.15, -0.1) is 0 Å². The second-order valence-electron chi connectivity index (χ2n) is 6.14. The number of morpholine rings is 1. The van der Waals surface area contributed by atoms with Gasteiger partial charge in [0.25, 0.3) is 5.91 Å². The fourth-order valence-corrected chi connectivity index (χ4v) is 2.97. The Kier molecular flexibility index (Phi) is 5.01. The summed E-state index contributed by atoms with van der Waals surface area (Å²) in [4.78, 5) is 25.7. The number of hydrogen-bond donors (Lipinski definition) is 2. The van der Waals surface area contributed by atoms with Crippen LogP contribution in [0.25, 0.3) is 0 Å². The first-order valence-corrected chi connectivity index (χ1v) is 8.24. The van der Waals surface area contributed by atoms with Gasteiger partial charge in [0.2, 0.25) is 5.91 Å². The maximum atomic E-state index is 12.5. The van der Waals surface area contributed by atoms with Crippen molar-refractivity contribution in [1.82, 2.24) is 10.2 Å². The summed E-state index contributed by atoms with van der Waals surface area (Å²) < 4.78 is 10.6. The predicted octanol–water partition coefficient (Wildman–Crippen LogP) is 0.915. The molecule has 2 N–H and O–H groups in total. The first kappa shape index (κ1) is 16.7. The molecular weight excluding hydrogens is 310 g/mol. The number of fused-ring (bicyclic) bond motifs is 1. The Morgan fingerprint density at radius 3 is 2.79 bits per heavy atom. The van der Waals surface area contributed by atoms with Crippen molar-refractivity contribution in [2.24, 2.45) is 0 Å². The largest absolute Gasteiger partial charge is 0.482 e. The van der Waals surface area contributed by atoms with E-state index in [1.807, 2.05) is 36.9 Å². The van der Waals surface area contributed by atoms with Gasteiger partial charge in [-0.2, -0.15) is 0 Å². The standard InChI is InChI=1S/C17H23N3O4/c1-11(18-12(2)17(22)20-5-7-23-8-6-20)13-3-4-15-14(9-13)19-16(21)10-24-15/h3-4,9,11-12,18H,5-8,10H2,1-2H3,(H,19,21)/t11-,12+/m1/s1. The van der Waals surface area contributed by atoms with Crippen LogP contribution in [0.15, 0.2) is 18.2 Å². The molecule has 3 rings (SSSR count). The highest BCUT2D eigenvalue weighted by Crippen LogP contribution is 2.30. The lowest BCUT2D eigenvalue weighted by molar-refractivity contribution is -0.137. The van der Waals surface area contributed by atoms with E-state index in [9.17, 15) is 9.59 Å². The van der Waals surface area contributed by atoms with Crippen LogP contribution in [-0.2, 0) is 14.3 Å². The van der Waals surface area contributed by atoms with E-state index < -0.39 is 0 Å². The molecule has 2 atom stereocenters. The van der Waals surface area contributed by atoms with E-state index in [0.717, 1.165) is 5.56 Å². The first-order chi connectivity index (χ1) is 11.5. The maximum absolute atomic E-state index is 12.5. The highest BCUT2D eigenvalue weighted by Gasteiger charge is 2.24. The number of ether oxygens (including phenoxy) is 2. The Bertz CT molecular complexity index is 628. The lowest BCUT2D eigenvalue weighted by Gasteiger charge is -2.30. The molecule has 2 amide bonds. The molecule has 0 unspecified atom stereocenters. The number of anilines is 1. The molecule has 1 saturated heterocycles. The number of nitrogens with one attached hydrogen (secondary N) is 2. The van der Waals surface area contributed by atoms with Crippen LogP contribution in [0.5, 0.6) is 5.75 Å². The van der Waals surface area contributed by atoms with Crippen LogP contribution in [0.2, 0.25) is 0 Å². The Labute approximate surface area is 141 Å². The minimum absolute atomic E-state index is 0.0332. The first-order valence-electron chi connectivity index (χ1n) is 8.24. The molecule has 1 fully saturated rings. The van der Waals surface area contributed by atoms with Gasteiger partial charge >= 0.3 is 0 Å². The van der Waals surface area contributed by atoms with Crippen molar-refractivity contribution in [3.63, 3.8) is 0 Å². The number of carbonyl (C=O) groups is 2. The molecule has 130 valence electrons. The number of carbonyl (C=O) groups excluding carboxylic acids is 2. The van der Waals surface area contributed by atoms with Gasteiger partial charge in [-0.3, -0.25) is 14.9 Å². The number of benzene rings is 1. The van der Waals surface area contributed by atoms with E-state index in [0.29, 0.717) is 37.7 Å². The molecule has 2 heterocycles. The van der Waals surface area contributed by atoms with Crippen LogP contribution in [0.1, 0.15) is 25.5 Å². The Hall–Kier alpha value is -2.12. The lowest BCUT2D eigenvalue weighted by atomic mass is 10.1. The average molecular weight is 333 g/mol. The third-order valence-corrected chi connectivity index (χ3v) is 4.33. The third kappa shape index (κ3) is 3.68. The quantitative estimate of drug-likeness (QED) is 0.856. The average Bonchev–Trinajstić information content (AvgIpc) is 2.61. The predicted molar refractivity (Wildman–Crippen MR) is 89.0 cm³/mol. The van der Waals surface area contributed by atoms with E-state index in [4.69, 9.17) is 9.47 Å². The van der Waals surface area contributed by atoms with Gasteiger partial charge in [0.1, 0.15) is 5.75 Å². The minimum atomic E-state index is -0.292. The fraction of sp³-hybridized carbons (Fsp3) is 0.529. The molecule has 1 aromatic rings. The van der Waals surface area contributed by atoms with Crippen LogP contribution in [0, 0.1) is 0 Å². The second-order valence-corrected chi connectivity index (χ2v) is 6.14. The normalized spacial score (nSPS) is 19.8. The van der Waals surface area contributed by atoms with Crippen LogP contribution in [0.4, 0.5) is 5.69 Å². The maximum Gasteiger partial charge on any atom is 0.262 e. The lowest BCUT2D eigenvalue weighted by Crippen LogP contribution is -2.49. The van der Waals surface area contributed by atoms with Gasteiger partial charge in [0.05, 0.1) is 24.9 Å². The number of amides is 2. The monoisotopic (exact) mass is 333 g/mol. The van der Waals surface area contributed by atoms with Crippen molar-refractivity contribution < 1.29 is 19.1 Å². The fourth-order valence-electron chi connectivity index (χ4n) is 2.97. The molecule has 24 heavy (non-hydrogen) atoms. The van der Waals surface area contributed by atoms with Gasteiger partial charge in [-0.1, -0.05) is 6.07 Å². The Morgan fingerprint density at radius 1 is 1.29 bits per heavy atom. The number of nitrogens with zero attached hydrogens (tertiary/aromatic N) is 1. The van der Waals surface area contributed by atoms with E-state index in [1.165, 1.54) is 0 Å². The zero-order valence-electron chi connectivity index (χ0n) is 14.0. The summed E-state index contributed by atoms with van der Waals surface area (Å²) in [6, 6.07) is 5.35. The second kappa shape index (κ2) is 7.19. The third-order valence-electron chi connectivity index (χ3n) is 4.33. The zero-order chi connectivity index (χ0) is 17.1. The topological polar surface area (TPSA) is 79.9 Å². The van der Waals surface area contributed by atoms with Crippen LogP contribution in [-0.4, -0.2) is 55.7 Å². The molecule has 0 saturated carbocycles. The molecular formula is C17H23N3O4. The molecule has 2 aliphatic rings. The van der Waals surface area contributed by atoms with Crippen LogP contribution >= 0.6 is 0 Å². The summed E-state index contributed by atoms with van der Waals surface area (Å²) in [7, 11) is 0. The van der Waals surface area contributed by atoms with Crippen molar-refractivity contribution in [3.8, 4) is 5.75 Å². The van der Waals surface area contributed by atoms with E-state index in [1.54, 1.807) is 0 Å². The Morgan fingerprint density at radius 2 is 2.04 bits per heavy atom. The molecule has 2 aliphatic heterocycles. The summed E-state index contributed by atoms with van der Waals surface area (Å²) in [6.45, 7) is 6.39. The van der Waals surface area contributed by atoms with E-state index in [2.05, 4.69) is 10.6 Å². The smallest absolute Gasteiger partial charge is 0.262 e. The molecule has 0 radical (unpaired) electrons. The molecule has 0 aromatic heterocycles. The molecule has 7 nitrogen and oxygen atoms in total. The number of hydrogen-bond acceptors (Lipinski definition) is 5. The zero-order valence-corrected chi connectivity index (χ0v) is 14.0. The summed E-state index contributed by atoms with van der Waals surface area (Å²) >= 11 is 0. The molecule has 0 aliphatic carbocycles. The highest BCUT2D eigenvalue weighted by molar-refractivity contribution is 5.95. The number of rotatable bonds is 4. The van der Waals surface area contributed by atoms with Gasteiger partial charge in [-0.05, 0) is 31.5 Å². The van der Waals surface area contributed by atoms with Crippen molar-refractivity contribution in [1.29, 1.82) is 0 Å². The van der Waals surface area contributed by atoms with Crippen LogP contribution in [0.3, 0.4) is 0 Å². The summed E-state index contributed by atoms with van der Waals surface area (Å²) in [5.74, 6) is 0.596. The summed E-state index contributed by atoms with van der Waals surface area (Å²) in [6.07, 6.45) is 0. The van der Waals surface area contributed by atoms with E-state index >= 15 is 0 Å². The van der Waals surface area contributed by atoms with Crippen LogP contribution < -0.4 is 15.4 Å². The molecule has 0 bridgehead atoms. The van der Waals surface area contributed by atoms with Gasteiger partial charge in [0, 0.05) is 19.1 Å². The van der Waals surface area contributed by atoms with Crippen molar-refractivity contribution in [3.05, 3.63) is 23.8 Å². The summed E-state index contributed by atoms with van der Waals surface area (Å²) in [5.41, 5.74) is 1.66. The van der Waals surface area contributed by atoms with Crippen molar-refractivity contribution in [2.75, 3.05) is 38.2 Å². The Balaban J connectivity index is 1.63. The summed E-state index contributed by atoms with van der Waals surface area (Å²) in [5, 5.41) is 6.13. The van der Waals surface area contributed by atoms with Gasteiger partial charge in [0.15, 0.2) is 6.61 Å². The highest BCUT2D eigenvalue weighted by atomic mass is 16.5. The SMILES string of the molecule is C[C@H](N[C@H](C)c1ccc2c(c1)NC(=O)CO2)C(=O)N1CCOCC1. The van der Waals surface area contributed by atoms with Gasteiger partial charge < -0.3 is 19.7 Å². The van der Waals surface area contributed by atoms with Crippen molar-refractivity contribution in [2.45, 2.75) is 25.9 Å². The van der Waals surface area contributed by atoms with Gasteiger partial charge in [-0.25, -0.2) is 0 Å².